The molecule has 9 aromatic heterocycles. The highest BCUT2D eigenvalue weighted by Crippen LogP contribution is 2.38. The first kappa shape index (κ1) is 63.2. The summed E-state index contributed by atoms with van der Waals surface area (Å²) in [6, 6.07) is 29.8. The number of nitrogens with two attached hydrogens (primary N) is 1. The molecule has 0 spiro atoms. The number of nitrogens with one attached hydrogen (secondary N) is 3. The van der Waals surface area contributed by atoms with Gasteiger partial charge in [-0.05, 0) is 204 Å². The minimum absolute atomic E-state index is 0.0370. The van der Waals surface area contributed by atoms with Crippen LogP contribution in [0, 0.1) is 34.6 Å². The van der Waals surface area contributed by atoms with Crippen molar-refractivity contribution in [2.24, 2.45) is 5.73 Å². The number of aromatic nitrogens is 9. The Hall–Kier alpha value is -9.57. The molecule has 21 nitrogen and oxygen atoms in total. The number of pyridine rings is 6. The Balaban J connectivity index is 0.000000128. The van der Waals surface area contributed by atoms with Crippen molar-refractivity contribution in [2.45, 2.75) is 105 Å². The van der Waals surface area contributed by atoms with Gasteiger partial charge in [0, 0.05) is 128 Å². The van der Waals surface area contributed by atoms with E-state index in [2.05, 4.69) is 148 Å². The zero-order valence-corrected chi connectivity index (χ0v) is 56.4. The lowest BCUT2D eigenvalue weighted by Gasteiger charge is -2.33. The highest BCUT2D eigenvalue weighted by Gasteiger charge is 2.31. The van der Waals surface area contributed by atoms with E-state index in [1.807, 2.05) is 87.0 Å². The van der Waals surface area contributed by atoms with Crippen LogP contribution in [0.15, 0.2) is 97.3 Å². The number of amides is 3. The van der Waals surface area contributed by atoms with E-state index in [-0.39, 0.29) is 29.8 Å². The van der Waals surface area contributed by atoms with Crippen molar-refractivity contribution < 1.29 is 14.4 Å². The van der Waals surface area contributed by atoms with Gasteiger partial charge in [0.25, 0.3) is 17.7 Å². The van der Waals surface area contributed by atoms with Crippen LogP contribution >= 0.6 is 0 Å². The van der Waals surface area contributed by atoms with Gasteiger partial charge in [0.2, 0.25) is 0 Å². The molecule has 0 aliphatic carbocycles. The lowest BCUT2D eigenvalue weighted by molar-refractivity contribution is 0.0939. The number of carbonyl (C=O) groups is 3. The van der Waals surface area contributed by atoms with E-state index in [9.17, 15) is 14.4 Å². The highest BCUT2D eigenvalue weighted by atomic mass is 16.2. The molecule has 3 fully saturated rings. The molecule has 94 heavy (non-hydrogen) atoms. The van der Waals surface area contributed by atoms with E-state index in [0.717, 1.165) is 154 Å². The fourth-order valence-electron chi connectivity index (χ4n) is 14.0. The van der Waals surface area contributed by atoms with E-state index in [4.69, 9.17) is 35.6 Å². The zero-order chi connectivity index (χ0) is 66.1. The van der Waals surface area contributed by atoms with Crippen molar-refractivity contribution in [3.05, 3.63) is 142 Å². The summed E-state index contributed by atoms with van der Waals surface area (Å²) in [5.74, 6) is -0.373. The summed E-state index contributed by atoms with van der Waals surface area (Å²) in [5.41, 5.74) is 26.9. The van der Waals surface area contributed by atoms with Gasteiger partial charge in [0.05, 0.1) is 49.8 Å². The van der Waals surface area contributed by atoms with Gasteiger partial charge in [0.15, 0.2) is 16.9 Å². The summed E-state index contributed by atoms with van der Waals surface area (Å²) in [7, 11) is 10.2. The lowest BCUT2D eigenvalue weighted by atomic mass is 10.0. The van der Waals surface area contributed by atoms with Gasteiger partial charge in [0.1, 0.15) is 16.9 Å². The van der Waals surface area contributed by atoms with Gasteiger partial charge < -0.3 is 46.2 Å². The number of nitrogens with zero attached hydrogens (tertiary/aromatic N) is 14. The van der Waals surface area contributed by atoms with Crippen molar-refractivity contribution in [3.63, 3.8) is 0 Å². The molecule has 3 saturated heterocycles. The summed E-state index contributed by atoms with van der Waals surface area (Å²) in [5, 5.41) is 11.7. The number of carbonyl (C=O) groups excluding carboxylic acids is 3. The van der Waals surface area contributed by atoms with E-state index >= 15 is 0 Å². The first-order valence-electron chi connectivity index (χ1n) is 33.0. The summed E-state index contributed by atoms with van der Waals surface area (Å²) < 4.78 is 6.13. The van der Waals surface area contributed by atoms with Crippen molar-refractivity contribution in [1.29, 1.82) is 0 Å². The molecule has 3 aliphatic heterocycles. The van der Waals surface area contributed by atoms with Gasteiger partial charge in [-0.2, -0.15) is 0 Å². The number of hydrogen-bond acceptors (Lipinski definition) is 15. The van der Waals surface area contributed by atoms with Crippen molar-refractivity contribution in [3.8, 4) is 0 Å². The SMILES string of the molecule is CCNC(=O)c1cc2c(N3CC[C@H](N(C)C)C3)ccnc2n2c1nc1cc(C)c(C)cc12.CNC(=O)c1cc2c(N3CCC[C@@H](N)C3)cc(C)nc2n2c1nc1ccccc12.Cc1cc2nc3c(C(=O)NC(C)C)cc4c(N5CC[C@H](N(C)C)C5)ccnc4n3c2cc1C. The molecule has 0 radical (unpaired) electrons. The molecule has 486 valence electrons. The third kappa shape index (κ3) is 11.5. The number of likely N-dealkylation sites (N-methyl/N-ethyl adjacent to an activating group) is 2. The van der Waals surface area contributed by atoms with Crippen LogP contribution in [0.5, 0.6) is 0 Å². The topological polar surface area (TPSA) is 220 Å². The number of hydrogen-bond donors (Lipinski definition) is 4. The third-order valence-electron chi connectivity index (χ3n) is 19.3. The normalized spacial score (nSPS) is 16.9. The number of fused-ring (bicyclic) bond motifs is 15. The van der Waals surface area contributed by atoms with Crippen LogP contribution in [0.2, 0.25) is 0 Å². The summed E-state index contributed by atoms with van der Waals surface area (Å²) in [6.07, 6.45) is 8.08. The number of para-hydroxylation sites is 2. The molecule has 5 N–H and O–H groups in total. The Labute approximate surface area is 547 Å². The number of anilines is 3. The van der Waals surface area contributed by atoms with Crippen LogP contribution < -0.4 is 36.4 Å². The summed E-state index contributed by atoms with van der Waals surface area (Å²) in [6.45, 7) is 22.5. The smallest absolute Gasteiger partial charge is 0.255 e. The molecule has 12 heterocycles. The second-order valence-electron chi connectivity index (χ2n) is 26.6. The van der Waals surface area contributed by atoms with Crippen molar-refractivity contribution in [2.75, 3.05) is 95.8 Å². The fourth-order valence-corrected chi connectivity index (χ4v) is 14.0. The Morgan fingerprint density at radius 1 is 0.532 bits per heavy atom. The van der Waals surface area contributed by atoms with Crippen molar-refractivity contribution in [1.82, 2.24) is 68.9 Å². The molecular weight excluding hydrogens is 1180 g/mol. The average molecular weight is 1260 g/mol. The van der Waals surface area contributed by atoms with Gasteiger partial charge in [-0.1, -0.05) is 12.1 Å². The predicted molar refractivity (Wildman–Crippen MR) is 380 cm³/mol. The molecule has 12 aromatic rings. The maximum Gasteiger partial charge on any atom is 0.255 e. The number of rotatable bonds is 10. The maximum atomic E-state index is 13.3. The third-order valence-corrected chi connectivity index (χ3v) is 19.3. The molecule has 3 atom stereocenters. The first-order chi connectivity index (χ1) is 45.2. The highest BCUT2D eigenvalue weighted by molar-refractivity contribution is 6.10. The Morgan fingerprint density at radius 3 is 1.51 bits per heavy atom. The van der Waals surface area contributed by atoms with Crippen LogP contribution in [0.4, 0.5) is 17.1 Å². The molecule has 0 saturated carbocycles. The molecule has 0 unspecified atom stereocenters. The monoisotopic (exact) mass is 1260 g/mol. The maximum absolute atomic E-state index is 13.3. The number of piperidine rings is 1. The molecule has 3 amide bonds. The van der Waals surface area contributed by atoms with Crippen LogP contribution in [-0.2, 0) is 0 Å². The van der Waals surface area contributed by atoms with Crippen LogP contribution in [0.1, 0.15) is 105 Å². The fraction of sp³-hybridized carbons (Fsp3) is 0.384. The van der Waals surface area contributed by atoms with E-state index in [0.29, 0.717) is 52.3 Å². The minimum atomic E-state index is -0.158. The zero-order valence-electron chi connectivity index (χ0n) is 56.4. The van der Waals surface area contributed by atoms with Gasteiger partial charge in [-0.3, -0.25) is 27.6 Å². The number of aryl methyl sites for hydroxylation is 5. The Bertz CT molecular complexity index is 4990. The summed E-state index contributed by atoms with van der Waals surface area (Å²) in [4.78, 5) is 79.8. The molecule has 21 heteroatoms. The second kappa shape index (κ2) is 25.4. The number of imidazole rings is 3. The van der Waals surface area contributed by atoms with E-state index < -0.39 is 0 Å². The molecule has 0 bridgehead atoms. The summed E-state index contributed by atoms with van der Waals surface area (Å²) >= 11 is 0. The first-order valence-corrected chi connectivity index (χ1v) is 33.0. The minimum Gasteiger partial charge on any atom is -0.369 e. The molecule has 3 aromatic carbocycles. The molecule has 15 rings (SSSR count). The number of benzene rings is 3. The van der Waals surface area contributed by atoms with E-state index in [1.54, 1.807) is 7.05 Å². The van der Waals surface area contributed by atoms with Crippen molar-refractivity contribution >= 4 is 118 Å². The standard InChI is InChI=1S/C26H32N6O.C25H30N6O.C22H24N6O/c1-15(2)28-26(33)20-13-19-22(31-10-8-18(14-31)30(5)6)7-9-27-24(19)32-23-12-17(4)16(3)11-21(23)29-25(20)32;1-6-26-25(32)19-13-18-21(30-10-8-17(14-30)29(4)5)7-9-27-23(18)31-22-12-16(3)15(2)11-20(22)28-24(19)31;1-13-10-19(27-9-5-6-14(23)12-27)15-11-16(22(29)24-2)21-26-17-7-3-4-8-18(17)28(21)20(15)25-13/h7,9,11-13,15,18H,8,10,14H2,1-6H3,(H,28,33);7,9,11-13,17H,6,8,10,14H2,1-5H3,(H,26,32);3-4,7-8,10-11,14H,5-6,9,12,23H2,1-2H3,(H,24,29)/t18-;17-;14-/m001/s1. The lowest BCUT2D eigenvalue weighted by Crippen LogP contribution is -2.43. The van der Waals surface area contributed by atoms with Gasteiger partial charge >= 0.3 is 0 Å². The second-order valence-corrected chi connectivity index (χ2v) is 26.6. The largest absolute Gasteiger partial charge is 0.369 e. The van der Waals surface area contributed by atoms with Gasteiger partial charge in [-0.25, -0.2) is 29.9 Å². The molecular formula is C73H86N18O3. The van der Waals surface area contributed by atoms with Crippen LogP contribution in [0.3, 0.4) is 0 Å². The Morgan fingerprint density at radius 2 is 1.01 bits per heavy atom. The Kier molecular flexibility index (Phi) is 17.1. The average Bonchev–Trinajstić information content (AvgIpc) is 1.52. The predicted octanol–water partition coefficient (Wildman–Crippen LogP) is 10.1. The molecule has 3 aliphatic rings. The van der Waals surface area contributed by atoms with Gasteiger partial charge in [-0.15, -0.1) is 0 Å². The van der Waals surface area contributed by atoms with Crippen LogP contribution in [0.25, 0.3) is 83.1 Å². The van der Waals surface area contributed by atoms with Crippen LogP contribution in [-0.4, -0.2) is 176 Å². The van der Waals surface area contributed by atoms with E-state index in [1.165, 1.54) is 22.3 Å². The quantitative estimate of drug-likeness (QED) is 0.100.